The lowest BCUT2D eigenvalue weighted by atomic mass is 9.87. The molecular weight excluding hydrogens is 408 g/mol. The van der Waals surface area contributed by atoms with E-state index in [4.69, 9.17) is 9.47 Å². The highest BCUT2D eigenvalue weighted by Crippen LogP contribution is 2.36. The van der Waals surface area contributed by atoms with E-state index in [0.717, 1.165) is 5.56 Å². The van der Waals surface area contributed by atoms with E-state index in [1.165, 1.54) is 10.9 Å². The third-order valence-electron chi connectivity index (χ3n) is 5.26. The number of ether oxygens (including phenoxy) is 2. The minimum absolute atomic E-state index is 0.0566. The van der Waals surface area contributed by atoms with Crippen molar-refractivity contribution in [1.29, 1.82) is 0 Å². The van der Waals surface area contributed by atoms with Crippen molar-refractivity contribution in [1.82, 2.24) is 15.2 Å². The first-order valence-electron chi connectivity index (χ1n) is 10.4. The molecule has 0 bridgehead atoms. The summed E-state index contributed by atoms with van der Waals surface area (Å²) < 4.78 is 13.0. The summed E-state index contributed by atoms with van der Waals surface area (Å²) in [6, 6.07) is 15.0. The molecule has 2 N–H and O–H groups in total. The summed E-state index contributed by atoms with van der Waals surface area (Å²) in [7, 11) is 0. The van der Waals surface area contributed by atoms with Gasteiger partial charge in [-0.05, 0) is 42.2 Å². The van der Waals surface area contributed by atoms with Crippen LogP contribution in [-0.4, -0.2) is 34.6 Å². The Bertz CT molecular complexity index is 1220. The third kappa shape index (κ3) is 4.30. The summed E-state index contributed by atoms with van der Waals surface area (Å²) in [5, 5.41) is 6.98. The van der Waals surface area contributed by atoms with E-state index in [2.05, 4.69) is 36.4 Å². The van der Waals surface area contributed by atoms with Gasteiger partial charge in [0.25, 0.3) is 11.5 Å². The number of benzene rings is 2. The van der Waals surface area contributed by atoms with Crippen molar-refractivity contribution in [2.24, 2.45) is 5.10 Å². The van der Waals surface area contributed by atoms with Crippen LogP contribution in [0.4, 0.5) is 0 Å². The molecule has 1 aliphatic rings. The Kier molecular flexibility index (Phi) is 5.61. The molecule has 1 unspecified atom stereocenters. The average molecular weight is 434 g/mol. The number of amides is 1. The highest BCUT2D eigenvalue weighted by atomic mass is 16.6. The number of carbonyl (C=O) groups is 1. The van der Waals surface area contributed by atoms with E-state index in [1.807, 2.05) is 48.5 Å². The van der Waals surface area contributed by atoms with Gasteiger partial charge in [-0.15, -0.1) is 0 Å². The molecule has 3 aromatic rings. The molecule has 0 spiro atoms. The Labute approximate surface area is 185 Å². The molecule has 0 aliphatic carbocycles. The number of aromatic nitrogens is 2. The lowest BCUT2D eigenvalue weighted by Gasteiger charge is -2.27. The first kappa shape index (κ1) is 21.4. The van der Waals surface area contributed by atoms with Gasteiger partial charge in [-0.25, -0.2) is 10.1 Å². The number of rotatable bonds is 4. The molecule has 8 heteroatoms. The van der Waals surface area contributed by atoms with Gasteiger partial charge in [0.05, 0.1) is 17.5 Å². The van der Waals surface area contributed by atoms with Crippen LogP contribution in [0.1, 0.15) is 37.6 Å². The van der Waals surface area contributed by atoms with Gasteiger partial charge in [-0.3, -0.25) is 14.7 Å². The number of aromatic amines is 1. The second-order valence-electron chi connectivity index (χ2n) is 8.69. The highest BCUT2D eigenvalue weighted by Gasteiger charge is 2.28. The fraction of sp³-hybridized carbons (Fsp3) is 0.292. The summed E-state index contributed by atoms with van der Waals surface area (Å²) in [5.74, 6) is 0.680. The van der Waals surface area contributed by atoms with Crippen LogP contribution in [0, 0.1) is 6.92 Å². The first-order valence-corrected chi connectivity index (χ1v) is 10.4. The van der Waals surface area contributed by atoms with E-state index < -0.39 is 12.0 Å². The van der Waals surface area contributed by atoms with Gasteiger partial charge < -0.3 is 9.47 Å². The van der Waals surface area contributed by atoms with E-state index in [9.17, 15) is 9.59 Å². The summed E-state index contributed by atoms with van der Waals surface area (Å²) >= 11 is 0. The average Bonchev–Trinajstić information content (AvgIpc) is 3.06. The topological polar surface area (TPSA) is 97.7 Å². The molecule has 8 nitrogen and oxygen atoms in total. The number of para-hydroxylation sites is 1. The third-order valence-corrected chi connectivity index (χ3v) is 5.26. The maximum Gasteiger partial charge on any atom is 0.284 e. The van der Waals surface area contributed by atoms with Crippen molar-refractivity contribution in [3.05, 3.63) is 75.7 Å². The molecule has 1 atom stereocenters. The minimum Gasteiger partial charge on any atom is -0.485 e. The van der Waals surface area contributed by atoms with Crippen LogP contribution in [0.25, 0.3) is 5.69 Å². The lowest BCUT2D eigenvalue weighted by Crippen LogP contribution is -2.42. The van der Waals surface area contributed by atoms with Crippen LogP contribution in [0.15, 0.2) is 58.4 Å². The quantitative estimate of drug-likeness (QED) is 0.487. The maximum atomic E-state index is 12.7. The van der Waals surface area contributed by atoms with Crippen LogP contribution in [-0.2, 0) is 10.2 Å². The molecule has 2 aromatic carbocycles. The predicted octanol–water partition coefficient (Wildman–Crippen LogP) is 3.06. The second-order valence-corrected chi connectivity index (χ2v) is 8.69. The number of hydrogen-bond acceptors (Lipinski definition) is 5. The van der Waals surface area contributed by atoms with Crippen LogP contribution < -0.4 is 20.5 Å². The monoisotopic (exact) mass is 434 g/mol. The van der Waals surface area contributed by atoms with Crippen molar-refractivity contribution in [3.8, 4) is 17.2 Å². The first-order chi connectivity index (χ1) is 15.2. The fourth-order valence-corrected chi connectivity index (χ4v) is 3.37. The van der Waals surface area contributed by atoms with Gasteiger partial charge in [0, 0.05) is 5.69 Å². The summed E-state index contributed by atoms with van der Waals surface area (Å²) in [6.45, 7) is 8.16. The fourth-order valence-electron chi connectivity index (χ4n) is 3.37. The number of nitrogens with zero attached hydrogens (tertiary/aromatic N) is 2. The van der Waals surface area contributed by atoms with Gasteiger partial charge in [0.15, 0.2) is 11.5 Å². The molecule has 0 saturated carbocycles. The number of aryl methyl sites for hydroxylation is 1. The SMILES string of the molecule is Cc1[nH]n(-c2ccccc2)c(=O)c1C=NNC(=O)C1COc2ccc(C(C)(C)C)cc2O1. The van der Waals surface area contributed by atoms with Crippen molar-refractivity contribution < 1.29 is 14.3 Å². The van der Waals surface area contributed by atoms with E-state index in [-0.39, 0.29) is 17.6 Å². The molecule has 1 amide bonds. The zero-order valence-electron chi connectivity index (χ0n) is 18.5. The Morgan fingerprint density at radius 1 is 1.19 bits per heavy atom. The minimum atomic E-state index is -0.844. The molecule has 32 heavy (non-hydrogen) atoms. The highest BCUT2D eigenvalue weighted by molar-refractivity contribution is 5.85. The number of H-pyrrole nitrogens is 1. The Balaban J connectivity index is 1.45. The van der Waals surface area contributed by atoms with Gasteiger partial charge in [0.2, 0.25) is 6.10 Å². The molecule has 0 saturated heterocycles. The van der Waals surface area contributed by atoms with E-state index in [0.29, 0.717) is 28.4 Å². The lowest BCUT2D eigenvalue weighted by molar-refractivity contribution is -0.130. The van der Waals surface area contributed by atoms with Crippen LogP contribution in [0.3, 0.4) is 0 Å². The van der Waals surface area contributed by atoms with Gasteiger partial charge in [0.1, 0.15) is 6.61 Å². The Hall–Kier alpha value is -3.81. The number of hydrogen-bond donors (Lipinski definition) is 2. The predicted molar refractivity (Wildman–Crippen MR) is 122 cm³/mol. The zero-order chi connectivity index (χ0) is 22.9. The normalized spacial score (nSPS) is 15.7. The van der Waals surface area contributed by atoms with E-state index in [1.54, 1.807) is 6.92 Å². The summed E-state index contributed by atoms with van der Waals surface area (Å²) in [5.41, 5.74) is 4.92. The zero-order valence-corrected chi connectivity index (χ0v) is 18.5. The smallest absolute Gasteiger partial charge is 0.284 e. The maximum absolute atomic E-state index is 12.7. The molecule has 1 aliphatic heterocycles. The molecule has 4 rings (SSSR count). The second kappa shape index (κ2) is 8.37. The van der Waals surface area contributed by atoms with Gasteiger partial charge in [-0.2, -0.15) is 5.10 Å². The summed E-state index contributed by atoms with van der Waals surface area (Å²) in [6.07, 6.45) is 0.490. The number of hydrazone groups is 1. The Morgan fingerprint density at radius 2 is 1.94 bits per heavy atom. The van der Waals surface area contributed by atoms with Crippen molar-refractivity contribution in [2.75, 3.05) is 6.61 Å². The van der Waals surface area contributed by atoms with Crippen molar-refractivity contribution >= 4 is 12.1 Å². The van der Waals surface area contributed by atoms with Crippen molar-refractivity contribution in [3.63, 3.8) is 0 Å². The largest absolute Gasteiger partial charge is 0.485 e. The molecule has 0 radical (unpaired) electrons. The van der Waals surface area contributed by atoms with Gasteiger partial charge in [-0.1, -0.05) is 45.0 Å². The molecule has 2 heterocycles. The van der Waals surface area contributed by atoms with Gasteiger partial charge >= 0.3 is 0 Å². The standard InChI is InChI=1S/C24H26N4O4/c1-15-18(23(30)28(27-15)17-8-6-5-7-9-17)13-25-26-22(29)21-14-31-19-11-10-16(24(2,3)4)12-20(19)32-21/h5-13,21,27H,14H2,1-4H3,(H,26,29). The number of carbonyl (C=O) groups excluding carboxylic acids is 1. The Morgan fingerprint density at radius 3 is 2.66 bits per heavy atom. The molecule has 166 valence electrons. The molecular formula is C24H26N4O4. The molecule has 0 fully saturated rings. The van der Waals surface area contributed by atoms with Crippen LogP contribution in [0.5, 0.6) is 11.5 Å². The molecule has 1 aromatic heterocycles. The van der Waals surface area contributed by atoms with Crippen LogP contribution >= 0.6 is 0 Å². The number of nitrogens with one attached hydrogen (secondary N) is 2. The van der Waals surface area contributed by atoms with Crippen molar-refractivity contribution in [2.45, 2.75) is 39.2 Å². The van der Waals surface area contributed by atoms with Crippen LogP contribution in [0.2, 0.25) is 0 Å². The van der Waals surface area contributed by atoms with E-state index >= 15 is 0 Å². The summed E-state index contributed by atoms with van der Waals surface area (Å²) in [4.78, 5) is 25.3. The number of fused-ring (bicyclic) bond motifs is 1.